The number of hydrogen-bond acceptors (Lipinski definition) is 1. The Labute approximate surface area is 68.1 Å². The van der Waals surface area contributed by atoms with Gasteiger partial charge in [-0.2, -0.15) is 0 Å². The normalized spacial score (nSPS) is 10.9. The summed E-state index contributed by atoms with van der Waals surface area (Å²) in [7, 11) is 0. The lowest BCUT2D eigenvalue weighted by Crippen LogP contribution is -1.95. The largest absolute Gasteiger partial charge is 0.294 e. The van der Waals surface area contributed by atoms with Gasteiger partial charge in [0.05, 0.1) is 0 Å². The maximum absolute atomic E-state index is 11.0. The maximum atomic E-state index is 11.0. The van der Waals surface area contributed by atoms with Gasteiger partial charge >= 0.3 is 0 Å². The van der Waals surface area contributed by atoms with Gasteiger partial charge in [-0.25, -0.2) is 0 Å². The number of allylic oxidation sites excluding steroid dienone is 4. The van der Waals surface area contributed by atoms with Crippen LogP contribution in [0.5, 0.6) is 0 Å². The van der Waals surface area contributed by atoms with E-state index in [2.05, 4.69) is 13.2 Å². The minimum absolute atomic E-state index is 0.0891. The summed E-state index contributed by atoms with van der Waals surface area (Å²) < 4.78 is 0. The molecule has 1 nitrogen and oxygen atoms in total. The van der Waals surface area contributed by atoms with Crippen LogP contribution in [-0.4, -0.2) is 5.78 Å². The van der Waals surface area contributed by atoms with Crippen LogP contribution >= 0.6 is 0 Å². The topological polar surface area (TPSA) is 17.1 Å². The highest BCUT2D eigenvalue weighted by atomic mass is 16.1. The van der Waals surface area contributed by atoms with Crippen molar-refractivity contribution >= 4 is 5.78 Å². The van der Waals surface area contributed by atoms with Crippen molar-refractivity contribution in [2.24, 2.45) is 0 Å². The first-order valence-electron chi connectivity index (χ1n) is 3.56. The first-order chi connectivity index (χ1) is 5.07. The van der Waals surface area contributed by atoms with Crippen LogP contribution in [0.1, 0.15) is 20.3 Å². The number of ketones is 1. The van der Waals surface area contributed by atoms with Crippen molar-refractivity contribution < 1.29 is 4.79 Å². The Balaban J connectivity index is 3.98. The highest BCUT2D eigenvalue weighted by molar-refractivity contribution is 5.95. The molecule has 0 heterocycles. The van der Waals surface area contributed by atoms with Crippen molar-refractivity contribution in [2.75, 3.05) is 0 Å². The molecule has 0 radical (unpaired) electrons. The maximum Gasteiger partial charge on any atom is 0.161 e. The van der Waals surface area contributed by atoms with Crippen molar-refractivity contribution in [3.05, 3.63) is 36.5 Å². The van der Waals surface area contributed by atoms with E-state index in [1.54, 1.807) is 13.0 Å². The molecule has 0 N–H and O–H groups in total. The highest BCUT2D eigenvalue weighted by Gasteiger charge is 1.97. The van der Waals surface area contributed by atoms with Crippen LogP contribution in [0.4, 0.5) is 0 Å². The number of carbonyl (C=O) groups is 1. The molecule has 0 rings (SSSR count). The number of carbonyl (C=O) groups excluding carboxylic acids is 1. The molecular formula is C10H14O. The average molecular weight is 150 g/mol. The monoisotopic (exact) mass is 150 g/mol. The Morgan fingerprint density at radius 2 is 2.00 bits per heavy atom. The standard InChI is InChI=1S/C10H14O/c1-5-9(4)6-7-10(11)8(2)3/h5-6H,1-2,7H2,3-4H3/b9-6-. The lowest BCUT2D eigenvalue weighted by atomic mass is 10.1. The molecule has 0 unspecified atom stereocenters. The van der Waals surface area contributed by atoms with E-state index in [9.17, 15) is 4.79 Å². The second kappa shape index (κ2) is 4.67. The van der Waals surface area contributed by atoms with Crippen LogP contribution < -0.4 is 0 Å². The summed E-state index contributed by atoms with van der Waals surface area (Å²) >= 11 is 0. The summed E-state index contributed by atoms with van der Waals surface area (Å²) in [5.41, 5.74) is 1.64. The Hall–Kier alpha value is -1.11. The van der Waals surface area contributed by atoms with Crippen molar-refractivity contribution in [1.29, 1.82) is 0 Å². The summed E-state index contributed by atoms with van der Waals surface area (Å²) in [6.45, 7) is 10.8. The van der Waals surface area contributed by atoms with Crippen LogP contribution in [0, 0.1) is 0 Å². The van der Waals surface area contributed by atoms with Gasteiger partial charge < -0.3 is 0 Å². The Kier molecular flexibility index (Phi) is 4.20. The van der Waals surface area contributed by atoms with Gasteiger partial charge in [0.25, 0.3) is 0 Å². The van der Waals surface area contributed by atoms with E-state index >= 15 is 0 Å². The molecule has 0 spiro atoms. The molecule has 0 aromatic carbocycles. The van der Waals surface area contributed by atoms with Gasteiger partial charge in [-0.3, -0.25) is 4.79 Å². The van der Waals surface area contributed by atoms with E-state index in [0.717, 1.165) is 5.57 Å². The summed E-state index contributed by atoms with van der Waals surface area (Å²) in [6, 6.07) is 0. The second-order valence-electron chi connectivity index (χ2n) is 2.56. The van der Waals surface area contributed by atoms with E-state index < -0.39 is 0 Å². The van der Waals surface area contributed by atoms with E-state index in [4.69, 9.17) is 0 Å². The Bertz CT molecular complexity index is 209. The van der Waals surface area contributed by atoms with Crippen molar-refractivity contribution in [1.82, 2.24) is 0 Å². The third kappa shape index (κ3) is 4.31. The minimum atomic E-state index is 0.0891. The van der Waals surface area contributed by atoms with Gasteiger partial charge in [0, 0.05) is 6.42 Å². The fraction of sp³-hybridized carbons (Fsp3) is 0.300. The molecule has 0 aromatic rings. The van der Waals surface area contributed by atoms with Gasteiger partial charge in [0.2, 0.25) is 0 Å². The molecule has 0 aliphatic heterocycles. The average Bonchev–Trinajstić information content (AvgIpc) is 1.99. The predicted molar refractivity (Wildman–Crippen MR) is 48.4 cm³/mol. The minimum Gasteiger partial charge on any atom is -0.294 e. The molecule has 0 fully saturated rings. The van der Waals surface area contributed by atoms with Crippen LogP contribution in [-0.2, 0) is 4.79 Å². The molecule has 0 amide bonds. The molecule has 11 heavy (non-hydrogen) atoms. The number of hydrogen-bond donors (Lipinski definition) is 0. The molecular weight excluding hydrogens is 136 g/mol. The quantitative estimate of drug-likeness (QED) is 0.445. The fourth-order valence-corrected chi connectivity index (χ4v) is 0.511. The molecule has 0 aromatic heterocycles. The lowest BCUT2D eigenvalue weighted by molar-refractivity contribution is -0.114. The highest BCUT2D eigenvalue weighted by Crippen LogP contribution is 2.00. The van der Waals surface area contributed by atoms with Crippen LogP contribution in [0.25, 0.3) is 0 Å². The number of Topliss-reactive ketones (excluding diaryl/α,β-unsaturated/α-hetero) is 1. The third-order valence-electron chi connectivity index (χ3n) is 1.41. The van der Waals surface area contributed by atoms with Gasteiger partial charge in [-0.1, -0.05) is 30.9 Å². The summed E-state index contributed by atoms with van der Waals surface area (Å²) in [4.78, 5) is 11.0. The molecule has 0 saturated heterocycles. The predicted octanol–water partition coefficient (Wildman–Crippen LogP) is 2.65. The lowest BCUT2D eigenvalue weighted by Gasteiger charge is -1.93. The van der Waals surface area contributed by atoms with Gasteiger partial charge in [0.1, 0.15) is 0 Å². The van der Waals surface area contributed by atoms with Crippen molar-refractivity contribution in [3.63, 3.8) is 0 Å². The van der Waals surface area contributed by atoms with Gasteiger partial charge in [-0.05, 0) is 19.4 Å². The summed E-state index contributed by atoms with van der Waals surface area (Å²) in [6.07, 6.45) is 4.02. The van der Waals surface area contributed by atoms with Crippen molar-refractivity contribution in [3.8, 4) is 0 Å². The summed E-state index contributed by atoms with van der Waals surface area (Å²) in [5, 5.41) is 0. The smallest absolute Gasteiger partial charge is 0.161 e. The molecule has 0 aliphatic carbocycles. The fourth-order valence-electron chi connectivity index (χ4n) is 0.511. The molecule has 0 bridgehead atoms. The zero-order valence-corrected chi connectivity index (χ0v) is 7.18. The number of rotatable bonds is 4. The van der Waals surface area contributed by atoms with E-state index in [0.29, 0.717) is 12.0 Å². The third-order valence-corrected chi connectivity index (χ3v) is 1.41. The molecule has 1 heteroatoms. The van der Waals surface area contributed by atoms with Crippen LogP contribution in [0.3, 0.4) is 0 Å². The Morgan fingerprint density at radius 3 is 2.36 bits per heavy atom. The molecule has 60 valence electrons. The second-order valence-corrected chi connectivity index (χ2v) is 2.56. The summed E-state index contributed by atoms with van der Waals surface area (Å²) in [5.74, 6) is 0.0891. The van der Waals surface area contributed by atoms with E-state index in [-0.39, 0.29) is 5.78 Å². The van der Waals surface area contributed by atoms with Gasteiger partial charge in [0.15, 0.2) is 5.78 Å². The SMILES string of the molecule is C=C/C(C)=C\CC(=O)C(=C)C. The van der Waals surface area contributed by atoms with Crippen molar-refractivity contribution in [2.45, 2.75) is 20.3 Å². The van der Waals surface area contributed by atoms with Gasteiger partial charge in [-0.15, -0.1) is 0 Å². The zero-order valence-electron chi connectivity index (χ0n) is 7.18. The Morgan fingerprint density at radius 1 is 1.45 bits per heavy atom. The van der Waals surface area contributed by atoms with Crippen LogP contribution in [0.2, 0.25) is 0 Å². The van der Waals surface area contributed by atoms with E-state index in [1.165, 1.54) is 0 Å². The van der Waals surface area contributed by atoms with E-state index in [1.807, 2.05) is 13.0 Å². The zero-order chi connectivity index (χ0) is 8.85. The first-order valence-corrected chi connectivity index (χ1v) is 3.56. The first kappa shape index (κ1) is 9.89. The molecule has 0 saturated carbocycles. The molecule has 0 atom stereocenters. The molecule has 0 aliphatic rings. The van der Waals surface area contributed by atoms with Crippen LogP contribution in [0.15, 0.2) is 36.5 Å².